The zero-order valence-electron chi connectivity index (χ0n) is 14.4. The van der Waals surface area contributed by atoms with Gasteiger partial charge < -0.3 is 4.90 Å². The van der Waals surface area contributed by atoms with Gasteiger partial charge in [0.2, 0.25) is 10.0 Å². The Kier molecular flexibility index (Phi) is 4.80. The quantitative estimate of drug-likeness (QED) is 0.637. The molecule has 0 bridgehead atoms. The second-order valence-electron chi connectivity index (χ2n) is 6.96. The number of likely N-dealkylation sites (N-methyl/N-ethyl adjacent to an activating group) is 1. The lowest BCUT2D eigenvalue weighted by Gasteiger charge is -2.39. The standard InChI is InChI=1S/C19H20BrClN2O2S/c1-22-18(13-6-5-7-13)12-23(14-8-3-2-4-9-14)17-11-16(21)15(20)10-19(17)26(22,24)25/h2-4,8-11,13,18H,5-7,12H2,1H3/t18-/m0/s1. The Hall–Kier alpha value is -1.08. The van der Waals surface area contributed by atoms with E-state index in [1.165, 1.54) is 6.42 Å². The van der Waals surface area contributed by atoms with E-state index in [1.54, 1.807) is 23.5 Å². The lowest BCUT2D eigenvalue weighted by atomic mass is 9.79. The van der Waals surface area contributed by atoms with E-state index in [2.05, 4.69) is 20.8 Å². The summed E-state index contributed by atoms with van der Waals surface area (Å²) in [5, 5.41) is 0.504. The van der Waals surface area contributed by atoms with Crippen molar-refractivity contribution < 1.29 is 8.42 Å². The summed E-state index contributed by atoms with van der Waals surface area (Å²) in [5.74, 6) is 0.397. The molecule has 0 aromatic heterocycles. The molecule has 1 atom stereocenters. The summed E-state index contributed by atoms with van der Waals surface area (Å²) in [6.07, 6.45) is 3.33. The molecule has 0 amide bonds. The fourth-order valence-electron chi connectivity index (χ4n) is 3.79. The van der Waals surface area contributed by atoms with Crippen LogP contribution in [0, 0.1) is 5.92 Å². The van der Waals surface area contributed by atoms with Crippen LogP contribution in [0.2, 0.25) is 5.02 Å². The van der Waals surface area contributed by atoms with Crippen LogP contribution in [-0.4, -0.2) is 32.4 Å². The minimum absolute atomic E-state index is 0.0566. The van der Waals surface area contributed by atoms with Crippen LogP contribution in [0.25, 0.3) is 0 Å². The summed E-state index contributed by atoms with van der Waals surface area (Å²) in [7, 11) is -1.90. The second-order valence-corrected chi connectivity index (χ2v) is 10.2. The van der Waals surface area contributed by atoms with E-state index in [-0.39, 0.29) is 6.04 Å². The first-order valence-electron chi connectivity index (χ1n) is 8.69. The molecule has 1 aliphatic heterocycles. The summed E-state index contributed by atoms with van der Waals surface area (Å²) in [5.41, 5.74) is 1.61. The van der Waals surface area contributed by atoms with Gasteiger partial charge in [0, 0.05) is 29.8 Å². The van der Waals surface area contributed by atoms with Crippen LogP contribution in [0.5, 0.6) is 0 Å². The highest BCUT2D eigenvalue weighted by Crippen LogP contribution is 2.44. The fraction of sp³-hybridized carbons (Fsp3) is 0.368. The third kappa shape index (κ3) is 2.97. The molecule has 1 aliphatic carbocycles. The van der Waals surface area contributed by atoms with Gasteiger partial charge in [-0.25, -0.2) is 8.42 Å². The molecule has 2 aromatic carbocycles. The van der Waals surface area contributed by atoms with Crippen molar-refractivity contribution >= 4 is 48.9 Å². The summed E-state index contributed by atoms with van der Waals surface area (Å²) in [6, 6.07) is 13.2. The molecule has 0 radical (unpaired) electrons. The zero-order valence-corrected chi connectivity index (χ0v) is 17.6. The maximum absolute atomic E-state index is 13.4. The number of halogens is 2. The second kappa shape index (κ2) is 6.82. The molecule has 0 spiro atoms. The molecule has 1 saturated carbocycles. The Morgan fingerprint density at radius 3 is 2.46 bits per heavy atom. The van der Waals surface area contributed by atoms with E-state index in [0.717, 1.165) is 18.5 Å². The van der Waals surface area contributed by atoms with E-state index >= 15 is 0 Å². The Balaban J connectivity index is 1.94. The molecule has 138 valence electrons. The van der Waals surface area contributed by atoms with Gasteiger partial charge in [-0.2, -0.15) is 4.31 Å². The largest absolute Gasteiger partial charge is 0.339 e. The molecule has 0 N–H and O–H groups in total. The first-order chi connectivity index (χ1) is 12.4. The summed E-state index contributed by atoms with van der Waals surface area (Å²) >= 11 is 9.72. The van der Waals surface area contributed by atoms with Crippen LogP contribution in [0.1, 0.15) is 19.3 Å². The number of sulfonamides is 1. The lowest BCUT2D eigenvalue weighted by Crippen LogP contribution is -2.47. The van der Waals surface area contributed by atoms with Crippen LogP contribution in [0.4, 0.5) is 11.4 Å². The highest BCUT2D eigenvalue weighted by Gasteiger charge is 2.42. The molecular weight excluding hydrogens is 436 g/mol. The van der Waals surface area contributed by atoms with E-state index in [1.807, 2.05) is 30.3 Å². The molecule has 1 heterocycles. The van der Waals surface area contributed by atoms with E-state index in [9.17, 15) is 8.42 Å². The molecule has 2 aromatic rings. The van der Waals surface area contributed by atoms with Crippen molar-refractivity contribution in [3.05, 3.63) is 52.0 Å². The van der Waals surface area contributed by atoms with Gasteiger partial charge in [0.25, 0.3) is 0 Å². The van der Waals surface area contributed by atoms with Gasteiger partial charge in [-0.05, 0) is 59.0 Å². The summed E-state index contributed by atoms with van der Waals surface area (Å²) in [4.78, 5) is 2.39. The molecule has 4 rings (SSSR count). The molecular formula is C19H20BrClN2O2S. The molecule has 1 fully saturated rings. The van der Waals surface area contributed by atoms with Crippen LogP contribution in [0.3, 0.4) is 0 Å². The molecule has 7 heteroatoms. The van der Waals surface area contributed by atoms with Crippen molar-refractivity contribution in [1.82, 2.24) is 4.31 Å². The number of benzene rings is 2. The first kappa shape index (κ1) is 18.3. The van der Waals surface area contributed by atoms with Crippen molar-refractivity contribution in [3.8, 4) is 0 Å². The van der Waals surface area contributed by atoms with Crippen LogP contribution >= 0.6 is 27.5 Å². The molecule has 26 heavy (non-hydrogen) atoms. The van der Waals surface area contributed by atoms with Gasteiger partial charge in [-0.3, -0.25) is 0 Å². The molecule has 0 saturated heterocycles. The maximum atomic E-state index is 13.4. The third-order valence-electron chi connectivity index (χ3n) is 5.55. The minimum Gasteiger partial charge on any atom is -0.339 e. The smallest absolute Gasteiger partial charge is 0.245 e. The number of para-hydroxylation sites is 1. The highest BCUT2D eigenvalue weighted by molar-refractivity contribution is 9.10. The number of fused-ring (bicyclic) bond motifs is 1. The lowest BCUT2D eigenvalue weighted by molar-refractivity contribution is 0.185. The average molecular weight is 456 g/mol. The predicted octanol–water partition coefficient (Wildman–Crippen LogP) is 5.04. The van der Waals surface area contributed by atoms with Crippen LogP contribution in [-0.2, 0) is 10.0 Å². The normalized spacial score (nSPS) is 23.2. The van der Waals surface area contributed by atoms with Gasteiger partial charge in [0.1, 0.15) is 4.90 Å². The Bertz CT molecular complexity index is 932. The fourth-order valence-corrected chi connectivity index (χ4v) is 6.05. The topological polar surface area (TPSA) is 40.6 Å². The summed E-state index contributed by atoms with van der Waals surface area (Å²) < 4.78 is 28.9. The Morgan fingerprint density at radius 1 is 1.15 bits per heavy atom. The van der Waals surface area contributed by atoms with Crippen molar-refractivity contribution in [2.24, 2.45) is 5.92 Å². The van der Waals surface area contributed by atoms with Crippen molar-refractivity contribution in [2.75, 3.05) is 18.5 Å². The maximum Gasteiger partial charge on any atom is 0.245 e. The van der Waals surface area contributed by atoms with Crippen LogP contribution < -0.4 is 4.90 Å². The van der Waals surface area contributed by atoms with Gasteiger partial charge in [-0.15, -0.1) is 0 Å². The first-order valence-corrected chi connectivity index (χ1v) is 11.3. The van der Waals surface area contributed by atoms with Gasteiger partial charge in [-0.1, -0.05) is 36.2 Å². The average Bonchev–Trinajstić information content (AvgIpc) is 2.65. The molecule has 0 unspecified atom stereocenters. The SMILES string of the molecule is CN1[C@H](C2CCC2)CN(c2ccccc2)c2cc(Cl)c(Br)cc2S1(=O)=O. The number of anilines is 2. The zero-order chi connectivity index (χ0) is 18.5. The number of hydrogen-bond donors (Lipinski definition) is 0. The summed E-state index contributed by atoms with van der Waals surface area (Å²) in [6.45, 7) is 0.620. The minimum atomic E-state index is -3.60. The monoisotopic (exact) mass is 454 g/mol. The van der Waals surface area contributed by atoms with Crippen molar-refractivity contribution in [3.63, 3.8) is 0 Å². The van der Waals surface area contributed by atoms with Gasteiger partial charge >= 0.3 is 0 Å². The van der Waals surface area contributed by atoms with Crippen molar-refractivity contribution in [2.45, 2.75) is 30.2 Å². The van der Waals surface area contributed by atoms with E-state index < -0.39 is 10.0 Å². The van der Waals surface area contributed by atoms with Gasteiger partial charge in [0.05, 0.1) is 10.7 Å². The Morgan fingerprint density at radius 2 is 1.85 bits per heavy atom. The van der Waals surface area contributed by atoms with Gasteiger partial charge in [0.15, 0.2) is 0 Å². The molecule has 4 nitrogen and oxygen atoms in total. The highest BCUT2D eigenvalue weighted by atomic mass is 79.9. The van der Waals surface area contributed by atoms with Crippen molar-refractivity contribution in [1.29, 1.82) is 0 Å². The Labute approximate surface area is 167 Å². The van der Waals surface area contributed by atoms with E-state index in [4.69, 9.17) is 11.6 Å². The molecule has 2 aliphatic rings. The number of nitrogens with zero attached hydrogens (tertiary/aromatic N) is 2. The van der Waals surface area contributed by atoms with E-state index in [0.29, 0.717) is 32.5 Å². The number of rotatable bonds is 2. The van der Waals surface area contributed by atoms with Crippen LogP contribution in [0.15, 0.2) is 51.8 Å². The number of hydrogen-bond acceptors (Lipinski definition) is 3. The third-order valence-corrected chi connectivity index (χ3v) is 8.66. The predicted molar refractivity (Wildman–Crippen MR) is 109 cm³/mol.